The molecule has 0 saturated carbocycles. The first-order chi connectivity index (χ1) is 22.3. The Morgan fingerprint density at radius 3 is 2.02 bits per heavy atom. The van der Waals surface area contributed by atoms with E-state index in [1.165, 1.54) is 22.0 Å². The summed E-state index contributed by atoms with van der Waals surface area (Å²) < 4.78 is 10.9. The van der Waals surface area contributed by atoms with Crippen molar-refractivity contribution in [1.29, 1.82) is 0 Å². The standard InChI is InChI=1S/C35H47N5O8/c1-21(2)18-25(37-29(42)22-14-16-24(17-15-22)36-32(45)47-34(3,4)5)31(44)40-28-26(19-39(40)33(46)48-35(6,7)8)38(20-27(28)41)30(43)23-12-10-9-11-13-23/h9-17,21,25-28,41H,18-20H2,1-8H3,(H,36,45)(H,37,42)/t25-,26?,27?,28?/m0/s1. The maximum atomic E-state index is 14.4. The Morgan fingerprint density at radius 1 is 0.854 bits per heavy atom. The van der Waals surface area contributed by atoms with Crippen LogP contribution in [0.15, 0.2) is 54.6 Å². The fraction of sp³-hybridized carbons (Fsp3) is 0.514. The number of β-amino-alcohol motifs (C(OH)–C–C–N with tert-alkyl or cyclic N) is 1. The van der Waals surface area contributed by atoms with Crippen molar-refractivity contribution in [2.75, 3.05) is 18.4 Å². The molecule has 2 aliphatic rings. The minimum absolute atomic E-state index is 0.0418. The van der Waals surface area contributed by atoms with Gasteiger partial charge >= 0.3 is 12.2 Å². The van der Waals surface area contributed by atoms with Gasteiger partial charge in [0.25, 0.3) is 17.7 Å². The van der Waals surface area contributed by atoms with Crippen molar-refractivity contribution in [3.8, 4) is 0 Å². The summed E-state index contributed by atoms with van der Waals surface area (Å²) in [6, 6.07) is 11.9. The number of hydrogen-bond donors (Lipinski definition) is 3. The topological polar surface area (TPSA) is 158 Å². The van der Waals surface area contributed by atoms with Gasteiger partial charge in [-0.05, 0) is 90.3 Å². The number of likely N-dealkylation sites (tertiary alicyclic amines) is 1. The lowest BCUT2D eigenvalue weighted by Crippen LogP contribution is -2.58. The van der Waals surface area contributed by atoms with Gasteiger partial charge < -0.3 is 24.8 Å². The van der Waals surface area contributed by atoms with Gasteiger partial charge in [-0.25, -0.2) is 19.6 Å². The number of carbonyl (C=O) groups excluding carboxylic acids is 5. The zero-order valence-electron chi connectivity index (χ0n) is 28.9. The van der Waals surface area contributed by atoms with E-state index in [0.717, 1.165) is 5.01 Å². The third-order valence-corrected chi connectivity index (χ3v) is 7.69. The predicted octanol–water partition coefficient (Wildman–Crippen LogP) is 4.43. The van der Waals surface area contributed by atoms with Gasteiger partial charge in [-0.2, -0.15) is 0 Å². The number of benzene rings is 2. The number of nitrogens with one attached hydrogen (secondary N) is 2. The molecule has 4 rings (SSSR count). The molecule has 48 heavy (non-hydrogen) atoms. The number of nitrogens with zero attached hydrogens (tertiary/aromatic N) is 3. The summed E-state index contributed by atoms with van der Waals surface area (Å²) in [4.78, 5) is 68.6. The molecular formula is C35H47N5O8. The zero-order chi connectivity index (χ0) is 35.6. The van der Waals surface area contributed by atoms with Gasteiger partial charge in [0.1, 0.15) is 23.3 Å². The van der Waals surface area contributed by atoms with E-state index in [0.29, 0.717) is 11.3 Å². The average molecular weight is 666 g/mol. The lowest BCUT2D eigenvalue weighted by molar-refractivity contribution is -0.152. The van der Waals surface area contributed by atoms with Crippen LogP contribution in [0.3, 0.4) is 0 Å². The Hall–Kier alpha value is -4.65. The highest BCUT2D eigenvalue weighted by molar-refractivity contribution is 5.99. The van der Waals surface area contributed by atoms with E-state index >= 15 is 0 Å². The Kier molecular flexibility index (Phi) is 10.7. The van der Waals surface area contributed by atoms with Crippen LogP contribution in [0.4, 0.5) is 15.3 Å². The summed E-state index contributed by atoms with van der Waals surface area (Å²) >= 11 is 0. The number of rotatable bonds is 7. The monoisotopic (exact) mass is 665 g/mol. The molecule has 2 saturated heterocycles. The molecule has 0 spiro atoms. The van der Waals surface area contributed by atoms with E-state index in [2.05, 4.69) is 10.6 Å². The number of amides is 5. The van der Waals surface area contributed by atoms with E-state index in [1.807, 2.05) is 13.8 Å². The molecule has 2 aliphatic heterocycles. The second-order valence-corrected chi connectivity index (χ2v) is 14.6. The zero-order valence-corrected chi connectivity index (χ0v) is 28.9. The highest BCUT2D eigenvalue weighted by atomic mass is 16.6. The molecule has 13 heteroatoms. The lowest BCUT2D eigenvalue weighted by Gasteiger charge is -2.36. The van der Waals surface area contributed by atoms with E-state index in [1.54, 1.807) is 84.0 Å². The van der Waals surface area contributed by atoms with E-state index in [4.69, 9.17) is 9.47 Å². The molecule has 0 aromatic heterocycles. The van der Waals surface area contributed by atoms with Gasteiger partial charge in [0.15, 0.2) is 0 Å². The van der Waals surface area contributed by atoms with E-state index in [9.17, 15) is 29.1 Å². The fourth-order valence-electron chi connectivity index (χ4n) is 5.79. The summed E-state index contributed by atoms with van der Waals surface area (Å²) in [5, 5.41) is 19.0. The number of fused-ring (bicyclic) bond motifs is 1. The van der Waals surface area contributed by atoms with Crippen LogP contribution in [-0.4, -0.2) is 98.5 Å². The second kappa shape index (κ2) is 14.2. The number of aliphatic hydroxyl groups is 1. The van der Waals surface area contributed by atoms with Crippen molar-refractivity contribution < 1.29 is 38.6 Å². The predicted molar refractivity (Wildman–Crippen MR) is 178 cm³/mol. The van der Waals surface area contributed by atoms with Crippen LogP contribution >= 0.6 is 0 Å². The first kappa shape index (κ1) is 36.2. The van der Waals surface area contributed by atoms with Gasteiger partial charge in [0.2, 0.25) is 0 Å². The Morgan fingerprint density at radius 2 is 1.46 bits per heavy atom. The largest absolute Gasteiger partial charge is 0.444 e. The van der Waals surface area contributed by atoms with Gasteiger partial charge in [-0.15, -0.1) is 0 Å². The quantitative estimate of drug-likeness (QED) is 0.392. The second-order valence-electron chi connectivity index (χ2n) is 14.6. The van der Waals surface area contributed by atoms with Crippen LogP contribution in [0.2, 0.25) is 0 Å². The van der Waals surface area contributed by atoms with Crippen molar-refractivity contribution in [3.63, 3.8) is 0 Å². The number of carbonyl (C=O) groups is 5. The molecule has 4 atom stereocenters. The number of ether oxygens (including phenoxy) is 2. The first-order valence-corrected chi connectivity index (χ1v) is 16.1. The molecule has 0 bridgehead atoms. The maximum Gasteiger partial charge on any atom is 0.429 e. The highest BCUT2D eigenvalue weighted by Crippen LogP contribution is 2.35. The molecule has 2 heterocycles. The molecule has 3 N–H and O–H groups in total. The Labute approximate surface area is 281 Å². The number of hydrazine groups is 1. The van der Waals surface area contributed by atoms with E-state index in [-0.39, 0.29) is 36.9 Å². The van der Waals surface area contributed by atoms with Crippen molar-refractivity contribution >= 4 is 35.6 Å². The molecule has 13 nitrogen and oxygen atoms in total. The van der Waals surface area contributed by atoms with Crippen LogP contribution in [0, 0.1) is 5.92 Å². The summed E-state index contributed by atoms with van der Waals surface area (Å²) in [6.45, 7) is 14.0. The molecule has 3 unspecified atom stereocenters. The van der Waals surface area contributed by atoms with Crippen LogP contribution < -0.4 is 10.6 Å². The van der Waals surface area contributed by atoms with Crippen LogP contribution in [0.25, 0.3) is 0 Å². The van der Waals surface area contributed by atoms with Crippen LogP contribution in [0.5, 0.6) is 0 Å². The third-order valence-electron chi connectivity index (χ3n) is 7.69. The molecule has 5 amide bonds. The Bertz CT molecular complexity index is 1500. The van der Waals surface area contributed by atoms with Gasteiger partial charge in [-0.1, -0.05) is 32.0 Å². The van der Waals surface area contributed by atoms with Crippen molar-refractivity contribution in [2.45, 2.75) is 97.2 Å². The van der Waals surface area contributed by atoms with E-state index < -0.39 is 59.4 Å². The lowest BCUT2D eigenvalue weighted by atomic mass is 10.0. The maximum absolute atomic E-state index is 14.4. The minimum atomic E-state index is -1.17. The first-order valence-electron chi connectivity index (χ1n) is 16.1. The van der Waals surface area contributed by atoms with Crippen molar-refractivity contribution in [1.82, 2.24) is 20.2 Å². The third kappa shape index (κ3) is 8.82. The number of hydrogen-bond acceptors (Lipinski definition) is 8. The molecule has 2 fully saturated rings. The van der Waals surface area contributed by atoms with Crippen LogP contribution in [0.1, 0.15) is 82.5 Å². The van der Waals surface area contributed by atoms with Crippen LogP contribution in [-0.2, 0) is 14.3 Å². The average Bonchev–Trinajstić information content (AvgIpc) is 3.52. The molecule has 0 aliphatic carbocycles. The summed E-state index contributed by atoms with van der Waals surface area (Å²) in [5.41, 5.74) is -0.513. The number of aliphatic hydroxyl groups excluding tert-OH is 1. The van der Waals surface area contributed by atoms with Gasteiger partial charge in [0.05, 0.1) is 18.7 Å². The fourth-order valence-corrected chi connectivity index (χ4v) is 5.79. The minimum Gasteiger partial charge on any atom is -0.444 e. The normalized spacial score (nSPS) is 19.9. The number of anilines is 1. The Balaban J connectivity index is 1.59. The molecule has 2 aromatic carbocycles. The molecule has 260 valence electrons. The van der Waals surface area contributed by atoms with Gasteiger partial charge in [0, 0.05) is 23.4 Å². The SMILES string of the molecule is CC(C)C[C@H](NC(=O)c1ccc(NC(=O)OC(C)(C)C)cc1)C(=O)N1C2C(O)CN(C(=O)c3ccccc3)C2CN1C(=O)OC(C)(C)C. The van der Waals surface area contributed by atoms with Gasteiger partial charge in [-0.3, -0.25) is 19.7 Å². The summed E-state index contributed by atoms with van der Waals surface area (Å²) in [6.07, 6.45) is -2.40. The molecule has 0 radical (unpaired) electrons. The summed E-state index contributed by atoms with van der Waals surface area (Å²) in [7, 11) is 0. The molecule has 2 aromatic rings. The summed E-state index contributed by atoms with van der Waals surface area (Å²) in [5.74, 6) is -1.55. The van der Waals surface area contributed by atoms with Crippen molar-refractivity contribution in [2.24, 2.45) is 5.92 Å². The van der Waals surface area contributed by atoms with Crippen molar-refractivity contribution in [3.05, 3.63) is 65.7 Å². The smallest absolute Gasteiger partial charge is 0.429 e. The molecular weight excluding hydrogens is 618 g/mol. The highest BCUT2D eigenvalue weighted by Gasteiger charge is 2.57.